The Hall–Kier alpha value is -1.13. The lowest BCUT2D eigenvalue weighted by molar-refractivity contribution is 0.251. The van der Waals surface area contributed by atoms with Crippen molar-refractivity contribution in [3.63, 3.8) is 0 Å². The van der Waals surface area contributed by atoms with Gasteiger partial charge in [-0.3, -0.25) is 4.90 Å². The van der Waals surface area contributed by atoms with Crippen LogP contribution in [-0.2, 0) is 0 Å². The van der Waals surface area contributed by atoms with E-state index in [4.69, 9.17) is 5.73 Å². The van der Waals surface area contributed by atoms with E-state index in [0.717, 1.165) is 44.8 Å². The molecule has 0 radical (unpaired) electrons. The van der Waals surface area contributed by atoms with Crippen molar-refractivity contribution in [1.29, 1.82) is 0 Å². The molecule has 1 aromatic carbocycles. The molecule has 0 aliphatic carbocycles. The summed E-state index contributed by atoms with van der Waals surface area (Å²) in [5.74, 6) is -0.168. The van der Waals surface area contributed by atoms with Crippen LogP contribution in [-0.4, -0.2) is 43.7 Å². The van der Waals surface area contributed by atoms with Crippen LogP contribution in [0.15, 0.2) is 24.3 Å². The van der Waals surface area contributed by atoms with E-state index in [-0.39, 0.29) is 5.82 Å². The zero-order valence-electron chi connectivity index (χ0n) is 11.7. The van der Waals surface area contributed by atoms with Crippen molar-refractivity contribution in [3.8, 4) is 0 Å². The molecule has 0 bridgehead atoms. The highest BCUT2D eigenvalue weighted by molar-refractivity contribution is 5.46. The zero-order valence-corrected chi connectivity index (χ0v) is 11.7. The monoisotopic (exact) mass is 265 g/mol. The molecular formula is C15H24FN3. The standard InChI is InChI=1S/C15H24FN3/c1-13(17)3-2-8-18-9-11-19(12-10-18)15-6-4-14(16)5-7-15/h4-7,13H,2-3,8-12,17H2,1H3. The maximum atomic E-state index is 12.9. The summed E-state index contributed by atoms with van der Waals surface area (Å²) >= 11 is 0. The van der Waals surface area contributed by atoms with Gasteiger partial charge < -0.3 is 10.6 Å². The first-order chi connectivity index (χ1) is 9.15. The van der Waals surface area contributed by atoms with Crippen LogP contribution in [0.1, 0.15) is 19.8 Å². The van der Waals surface area contributed by atoms with Crippen LogP contribution in [0.4, 0.5) is 10.1 Å². The summed E-state index contributed by atoms with van der Waals surface area (Å²) < 4.78 is 12.9. The van der Waals surface area contributed by atoms with E-state index in [9.17, 15) is 4.39 Å². The molecule has 0 spiro atoms. The Kier molecular flexibility index (Phi) is 5.16. The average Bonchev–Trinajstić information content (AvgIpc) is 2.40. The van der Waals surface area contributed by atoms with E-state index in [0.29, 0.717) is 6.04 Å². The summed E-state index contributed by atoms with van der Waals surface area (Å²) in [6.07, 6.45) is 2.27. The summed E-state index contributed by atoms with van der Waals surface area (Å²) in [4.78, 5) is 4.81. The predicted octanol–water partition coefficient (Wildman–Crippen LogP) is 2.08. The number of nitrogens with two attached hydrogens (primary N) is 1. The van der Waals surface area contributed by atoms with Crippen LogP contribution >= 0.6 is 0 Å². The van der Waals surface area contributed by atoms with Crippen molar-refractivity contribution < 1.29 is 4.39 Å². The lowest BCUT2D eigenvalue weighted by Gasteiger charge is -2.36. The Bertz CT molecular complexity index is 369. The molecule has 1 aliphatic heterocycles. The van der Waals surface area contributed by atoms with Gasteiger partial charge in [0.05, 0.1) is 0 Å². The third kappa shape index (κ3) is 4.48. The first-order valence-corrected chi connectivity index (χ1v) is 7.13. The molecule has 3 nitrogen and oxygen atoms in total. The summed E-state index contributed by atoms with van der Waals surface area (Å²) in [6.45, 7) is 7.39. The van der Waals surface area contributed by atoms with E-state index in [1.165, 1.54) is 18.6 Å². The van der Waals surface area contributed by atoms with Gasteiger partial charge in [-0.05, 0) is 50.6 Å². The molecule has 1 aromatic rings. The van der Waals surface area contributed by atoms with Gasteiger partial charge in [-0.1, -0.05) is 0 Å². The van der Waals surface area contributed by atoms with Crippen molar-refractivity contribution in [1.82, 2.24) is 4.90 Å². The van der Waals surface area contributed by atoms with E-state index < -0.39 is 0 Å². The van der Waals surface area contributed by atoms with Crippen LogP contribution in [0.5, 0.6) is 0 Å². The molecular weight excluding hydrogens is 241 g/mol. The van der Waals surface area contributed by atoms with Crippen molar-refractivity contribution in [2.24, 2.45) is 5.73 Å². The maximum absolute atomic E-state index is 12.9. The molecule has 2 N–H and O–H groups in total. The first-order valence-electron chi connectivity index (χ1n) is 7.13. The second-order valence-electron chi connectivity index (χ2n) is 5.42. The third-order valence-corrected chi connectivity index (χ3v) is 3.70. The number of piperazine rings is 1. The molecule has 1 aliphatic rings. The highest BCUT2D eigenvalue weighted by atomic mass is 19.1. The average molecular weight is 265 g/mol. The van der Waals surface area contributed by atoms with Gasteiger partial charge in [0.15, 0.2) is 0 Å². The molecule has 1 atom stereocenters. The largest absolute Gasteiger partial charge is 0.369 e. The Labute approximate surface area is 115 Å². The van der Waals surface area contributed by atoms with Gasteiger partial charge in [-0.2, -0.15) is 0 Å². The smallest absolute Gasteiger partial charge is 0.123 e. The topological polar surface area (TPSA) is 32.5 Å². The van der Waals surface area contributed by atoms with Crippen molar-refractivity contribution in [2.75, 3.05) is 37.6 Å². The molecule has 0 amide bonds. The van der Waals surface area contributed by atoms with Crippen molar-refractivity contribution >= 4 is 5.69 Å². The second kappa shape index (κ2) is 6.87. The van der Waals surface area contributed by atoms with Gasteiger partial charge in [-0.25, -0.2) is 4.39 Å². The number of rotatable bonds is 5. The number of halogens is 1. The van der Waals surface area contributed by atoms with Gasteiger partial charge in [-0.15, -0.1) is 0 Å². The molecule has 0 aromatic heterocycles. The normalized spacial score (nSPS) is 18.6. The second-order valence-corrected chi connectivity index (χ2v) is 5.42. The highest BCUT2D eigenvalue weighted by Gasteiger charge is 2.16. The van der Waals surface area contributed by atoms with Crippen LogP contribution in [0.2, 0.25) is 0 Å². The minimum atomic E-state index is -0.168. The number of benzene rings is 1. The fraction of sp³-hybridized carbons (Fsp3) is 0.600. The molecule has 1 heterocycles. The van der Waals surface area contributed by atoms with Crippen LogP contribution in [0, 0.1) is 5.82 Å². The van der Waals surface area contributed by atoms with E-state index in [1.54, 1.807) is 0 Å². The minimum absolute atomic E-state index is 0.168. The van der Waals surface area contributed by atoms with E-state index in [2.05, 4.69) is 16.7 Å². The van der Waals surface area contributed by atoms with E-state index >= 15 is 0 Å². The van der Waals surface area contributed by atoms with Gasteiger partial charge in [0.2, 0.25) is 0 Å². The van der Waals surface area contributed by atoms with Crippen LogP contribution in [0.25, 0.3) is 0 Å². The Morgan fingerprint density at radius 2 is 1.79 bits per heavy atom. The van der Waals surface area contributed by atoms with Crippen molar-refractivity contribution in [3.05, 3.63) is 30.1 Å². The quantitative estimate of drug-likeness (QED) is 0.884. The van der Waals surface area contributed by atoms with Gasteiger partial charge in [0.25, 0.3) is 0 Å². The molecule has 2 rings (SSSR count). The Morgan fingerprint density at radius 1 is 1.16 bits per heavy atom. The highest BCUT2D eigenvalue weighted by Crippen LogP contribution is 2.17. The summed E-state index contributed by atoms with van der Waals surface area (Å²) in [5.41, 5.74) is 6.88. The SMILES string of the molecule is CC(N)CCCN1CCN(c2ccc(F)cc2)CC1. The molecule has 0 saturated carbocycles. The fourth-order valence-electron chi connectivity index (χ4n) is 2.52. The summed E-state index contributed by atoms with van der Waals surface area (Å²) in [5, 5.41) is 0. The molecule has 1 saturated heterocycles. The minimum Gasteiger partial charge on any atom is -0.369 e. The van der Waals surface area contributed by atoms with Gasteiger partial charge in [0.1, 0.15) is 5.82 Å². The maximum Gasteiger partial charge on any atom is 0.123 e. The van der Waals surface area contributed by atoms with Crippen LogP contribution in [0.3, 0.4) is 0 Å². The van der Waals surface area contributed by atoms with Gasteiger partial charge >= 0.3 is 0 Å². The lowest BCUT2D eigenvalue weighted by Crippen LogP contribution is -2.46. The van der Waals surface area contributed by atoms with Gasteiger partial charge in [0, 0.05) is 37.9 Å². The molecule has 106 valence electrons. The summed E-state index contributed by atoms with van der Waals surface area (Å²) in [7, 11) is 0. The molecule has 1 unspecified atom stereocenters. The number of hydrogen-bond acceptors (Lipinski definition) is 3. The third-order valence-electron chi connectivity index (χ3n) is 3.70. The zero-order chi connectivity index (χ0) is 13.7. The predicted molar refractivity (Wildman–Crippen MR) is 77.9 cm³/mol. The Balaban J connectivity index is 1.74. The van der Waals surface area contributed by atoms with E-state index in [1.807, 2.05) is 12.1 Å². The number of anilines is 1. The first kappa shape index (κ1) is 14.3. The Morgan fingerprint density at radius 3 is 2.37 bits per heavy atom. The lowest BCUT2D eigenvalue weighted by atomic mass is 10.2. The summed E-state index contributed by atoms with van der Waals surface area (Å²) in [6, 6.07) is 7.09. The molecule has 4 heteroatoms. The number of hydrogen-bond donors (Lipinski definition) is 1. The fourth-order valence-corrected chi connectivity index (χ4v) is 2.52. The number of nitrogens with zero attached hydrogens (tertiary/aromatic N) is 2. The molecule has 1 fully saturated rings. The van der Waals surface area contributed by atoms with Crippen molar-refractivity contribution in [2.45, 2.75) is 25.8 Å². The molecule has 19 heavy (non-hydrogen) atoms. The van der Waals surface area contributed by atoms with Crippen LogP contribution < -0.4 is 10.6 Å².